The normalized spacial score (nSPS) is 32.1. The number of aromatic amines is 1. The number of aromatic nitrogens is 1. The van der Waals surface area contributed by atoms with Gasteiger partial charge in [-0.3, -0.25) is 4.90 Å². The van der Waals surface area contributed by atoms with Gasteiger partial charge in [0.05, 0.1) is 22.5 Å². The molecular formula is C28H30N4O3. The van der Waals surface area contributed by atoms with E-state index < -0.39 is 11.0 Å². The van der Waals surface area contributed by atoms with Gasteiger partial charge < -0.3 is 31.0 Å². The highest BCUT2D eigenvalue weighted by atomic mass is 16.5. The molecule has 3 aromatic rings. The summed E-state index contributed by atoms with van der Waals surface area (Å²) < 4.78 is 6.64. The molecule has 7 nitrogen and oxygen atoms in total. The van der Waals surface area contributed by atoms with Crippen LogP contribution in [0.15, 0.2) is 42.7 Å². The number of nitrogens with zero attached hydrogens (tertiary/aromatic N) is 1. The molecule has 4 atom stereocenters. The lowest BCUT2D eigenvalue weighted by atomic mass is 9.49. The van der Waals surface area contributed by atoms with Crippen LogP contribution in [-0.2, 0) is 18.3 Å². The smallest absolute Gasteiger partial charge is 0.166 e. The first-order chi connectivity index (χ1) is 16.9. The fourth-order valence-electron chi connectivity index (χ4n) is 7.88. The van der Waals surface area contributed by atoms with E-state index in [-0.39, 0.29) is 17.9 Å². The van der Waals surface area contributed by atoms with Gasteiger partial charge in [-0.25, -0.2) is 0 Å². The third-order valence-electron chi connectivity index (χ3n) is 9.47. The zero-order valence-electron chi connectivity index (χ0n) is 19.6. The Labute approximate surface area is 203 Å². The van der Waals surface area contributed by atoms with Crippen molar-refractivity contribution in [2.45, 2.75) is 55.3 Å². The van der Waals surface area contributed by atoms with Crippen LogP contribution in [0.4, 0.5) is 5.69 Å². The van der Waals surface area contributed by atoms with E-state index in [1.165, 1.54) is 18.4 Å². The topological polar surface area (TPSA) is 107 Å². The Hall–Kier alpha value is -3.16. The van der Waals surface area contributed by atoms with Crippen molar-refractivity contribution in [1.82, 2.24) is 9.88 Å². The number of hydrogen-bond acceptors (Lipinski definition) is 6. The number of anilines is 1. The number of nitrogens with one attached hydrogen (secondary N) is 2. The third kappa shape index (κ3) is 2.38. The molecule has 1 spiro atoms. The Morgan fingerprint density at radius 3 is 2.94 bits per heavy atom. The summed E-state index contributed by atoms with van der Waals surface area (Å²) in [4.78, 5) is 6.20. The monoisotopic (exact) mass is 470 g/mol. The van der Waals surface area contributed by atoms with E-state index in [0.717, 1.165) is 65.3 Å². The Balaban J connectivity index is 1.37. The number of aromatic hydroxyl groups is 1. The maximum Gasteiger partial charge on any atom is 0.166 e. The summed E-state index contributed by atoms with van der Waals surface area (Å²) in [5.74, 6) is 1.87. The molecule has 6 N–H and O–H groups in total. The largest absolute Gasteiger partial charge is 0.504 e. The van der Waals surface area contributed by atoms with Crippen LogP contribution < -0.4 is 15.8 Å². The second-order valence-corrected chi connectivity index (χ2v) is 11.4. The Morgan fingerprint density at radius 2 is 2.14 bits per heavy atom. The number of ether oxygens (including phenoxy) is 1. The predicted octanol–water partition coefficient (Wildman–Crippen LogP) is 3.41. The lowest BCUT2D eigenvalue weighted by Gasteiger charge is -2.62. The van der Waals surface area contributed by atoms with E-state index in [1.807, 2.05) is 18.2 Å². The molecule has 35 heavy (non-hydrogen) atoms. The fraction of sp³-hybridized carbons (Fsp3) is 0.429. The van der Waals surface area contributed by atoms with Gasteiger partial charge in [-0.1, -0.05) is 12.6 Å². The molecule has 8 rings (SSSR count). The molecule has 0 radical (unpaired) electrons. The van der Waals surface area contributed by atoms with E-state index in [1.54, 1.807) is 6.07 Å². The van der Waals surface area contributed by atoms with Crippen LogP contribution in [0.1, 0.15) is 47.8 Å². The van der Waals surface area contributed by atoms with E-state index in [4.69, 9.17) is 10.5 Å². The van der Waals surface area contributed by atoms with Gasteiger partial charge in [0.15, 0.2) is 17.6 Å². The minimum Gasteiger partial charge on any atom is -0.504 e. The minimum absolute atomic E-state index is 0.0224. The van der Waals surface area contributed by atoms with Crippen molar-refractivity contribution >= 4 is 16.6 Å². The summed E-state index contributed by atoms with van der Waals surface area (Å²) >= 11 is 0. The Morgan fingerprint density at radius 1 is 1.29 bits per heavy atom. The van der Waals surface area contributed by atoms with Crippen molar-refractivity contribution in [3.05, 3.63) is 65.1 Å². The SMILES string of the molecule is C=C(N)Nc1ccc2[nH]c3c(c2c1)C[C@@]1(O)C2Cc4ccc(O)c5c4[C@@]1(CCN2CC1CC1)[C@H]3O5. The highest BCUT2D eigenvalue weighted by Gasteiger charge is 2.72. The number of phenolic OH excluding ortho intramolecular Hbond substituents is 1. The van der Waals surface area contributed by atoms with Crippen molar-refractivity contribution in [3.63, 3.8) is 0 Å². The maximum atomic E-state index is 12.9. The molecule has 2 aromatic carbocycles. The van der Waals surface area contributed by atoms with Gasteiger partial charge in [0, 0.05) is 41.2 Å². The average molecular weight is 471 g/mol. The van der Waals surface area contributed by atoms with E-state index >= 15 is 0 Å². The highest BCUT2D eigenvalue weighted by Crippen LogP contribution is 2.69. The van der Waals surface area contributed by atoms with E-state index in [2.05, 4.69) is 27.8 Å². The second kappa shape index (κ2) is 6.33. The van der Waals surface area contributed by atoms with Gasteiger partial charge in [-0.05, 0) is 73.5 Å². The predicted molar refractivity (Wildman–Crippen MR) is 133 cm³/mol. The third-order valence-corrected chi connectivity index (χ3v) is 9.47. The van der Waals surface area contributed by atoms with Crippen molar-refractivity contribution in [2.75, 3.05) is 18.4 Å². The number of benzene rings is 2. The number of hydrogen-bond donors (Lipinski definition) is 5. The highest BCUT2D eigenvalue weighted by molar-refractivity contribution is 5.89. The van der Waals surface area contributed by atoms with Gasteiger partial charge in [0.1, 0.15) is 0 Å². The zero-order valence-corrected chi connectivity index (χ0v) is 19.6. The molecule has 3 aliphatic carbocycles. The van der Waals surface area contributed by atoms with Gasteiger partial charge in [-0.15, -0.1) is 0 Å². The number of rotatable bonds is 4. The first-order valence-electron chi connectivity index (χ1n) is 12.7. The number of nitrogens with two attached hydrogens (primary N) is 1. The van der Waals surface area contributed by atoms with Crippen LogP contribution >= 0.6 is 0 Å². The van der Waals surface area contributed by atoms with E-state index in [9.17, 15) is 10.2 Å². The van der Waals surface area contributed by atoms with Gasteiger partial charge >= 0.3 is 0 Å². The number of likely N-dealkylation sites (tertiary alicyclic amines) is 1. The number of H-pyrrole nitrogens is 1. The summed E-state index contributed by atoms with van der Waals surface area (Å²) in [6, 6.07) is 9.93. The molecule has 2 bridgehead atoms. The lowest BCUT2D eigenvalue weighted by Crippen LogP contribution is -2.74. The maximum absolute atomic E-state index is 12.9. The summed E-state index contributed by atoms with van der Waals surface area (Å²) in [5.41, 5.74) is 10.5. The molecule has 1 aromatic heterocycles. The number of phenols is 1. The summed E-state index contributed by atoms with van der Waals surface area (Å²) in [6.07, 6.45) is 4.37. The van der Waals surface area contributed by atoms with Gasteiger partial charge in [0.25, 0.3) is 0 Å². The van der Waals surface area contributed by atoms with Crippen LogP contribution in [0, 0.1) is 5.92 Å². The van der Waals surface area contributed by atoms with Crippen molar-refractivity contribution in [3.8, 4) is 11.5 Å². The average Bonchev–Trinajstić information content (AvgIpc) is 3.46. The van der Waals surface area contributed by atoms with Crippen molar-refractivity contribution < 1.29 is 14.9 Å². The first kappa shape index (κ1) is 20.1. The van der Waals surface area contributed by atoms with Crippen molar-refractivity contribution in [1.29, 1.82) is 0 Å². The van der Waals surface area contributed by atoms with Gasteiger partial charge in [0.2, 0.25) is 0 Å². The quantitative estimate of drug-likeness (QED) is 0.400. The Bertz CT molecular complexity index is 1440. The molecule has 7 heteroatoms. The summed E-state index contributed by atoms with van der Waals surface area (Å²) in [6.45, 7) is 5.77. The second-order valence-electron chi connectivity index (χ2n) is 11.4. The van der Waals surface area contributed by atoms with E-state index in [0.29, 0.717) is 18.0 Å². The van der Waals surface area contributed by atoms with Gasteiger partial charge in [-0.2, -0.15) is 0 Å². The van der Waals surface area contributed by atoms with Crippen LogP contribution in [0.25, 0.3) is 10.9 Å². The molecule has 1 saturated heterocycles. The van der Waals surface area contributed by atoms with Crippen LogP contribution in [0.2, 0.25) is 0 Å². The molecule has 1 unspecified atom stereocenters. The molecule has 3 heterocycles. The van der Waals surface area contributed by atoms with Crippen molar-refractivity contribution in [2.24, 2.45) is 11.7 Å². The molecule has 5 aliphatic rings. The number of piperidine rings is 1. The molecule has 1 saturated carbocycles. The standard InChI is InChI=1S/C28H30N4O3/c1-14(29)30-17-5-6-20-18(11-17)19-12-28(34)22-10-16-4-7-21(33)25-23(16)27(28,26(35-25)24(19)31-20)8-9-32(22)13-15-2-3-15/h4-7,11,15,22,26,30-31,33-34H,1-3,8-10,12-13,29H2/t22?,26-,27-,28+/m0/s1. The lowest BCUT2D eigenvalue weighted by molar-refractivity contribution is -0.173. The summed E-state index contributed by atoms with van der Waals surface area (Å²) in [7, 11) is 0. The van der Waals surface area contributed by atoms with Crippen LogP contribution in [0.3, 0.4) is 0 Å². The molecule has 180 valence electrons. The molecule has 2 fully saturated rings. The molecular weight excluding hydrogens is 440 g/mol. The van der Waals surface area contributed by atoms with Crippen LogP contribution in [-0.4, -0.2) is 44.8 Å². The minimum atomic E-state index is -0.986. The molecule has 2 aliphatic heterocycles. The number of fused-ring (bicyclic) bond motifs is 4. The zero-order chi connectivity index (χ0) is 23.7. The first-order valence-corrected chi connectivity index (χ1v) is 12.7. The fourth-order valence-corrected chi connectivity index (χ4v) is 7.88. The summed E-state index contributed by atoms with van der Waals surface area (Å²) in [5, 5.41) is 27.9. The Kier molecular flexibility index (Phi) is 3.63. The number of aliphatic hydroxyl groups is 1. The van der Waals surface area contributed by atoms with Crippen LogP contribution in [0.5, 0.6) is 11.5 Å². The molecule has 0 amide bonds.